The number of hydrogen-bond acceptors (Lipinski definition) is 4. The average molecular weight is 472 g/mol. The molecule has 2 N–H and O–H groups in total. The highest BCUT2D eigenvalue weighted by atomic mass is 19.4. The van der Waals surface area contributed by atoms with E-state index in [1.54, 1.807) is 0 Å². The largest absolute Gasteiger partial charge is 0.484 e. The summed E-state index contributed by atoms with van der Waals surface area (Å²) in [5.74, 6) is 0.589. The number of carbonyl (C=O) groups is 1. The maximum absolute atomic E-state index is 12.7. The first-order valence-corrected chi connectivity index (χ1v) is 11.5. The molecule has 3 unspecified atom stereocenters. The minimum atomic E-state index is -4.41. The van der Waals surface area contributed by atoms with Crippen molar-refractivity contribution in [3.63, 3.8) is 0 Å². The van der Waals surface area contributed by atoms with Gasteiger partial charge in [0.2, 0.25) is 0 Å². The van der Waals surface area contributed by atoms with Crippen molar-refractivity contribution in [2.75, 3.05) is 18.5 Å². The van der Waals surface area contributed by atoms with E-state index in [1.165, 1.54) is 29.8 Å². The van der Waals surface area contributed by atoms with Crippen LogP contribution in [0.1, 0.15) is 60.5 Å². The molecule has 8 heteroatoms. The molecular weight excluding hydrogens is 443 g/mol. The molecule has 2 aliphatic rings. The number of amides is 1. The lowest BCUT2D eigenvalue weighted by molar-refractivity contribution is -0.153. The van der Waals surface area contributed by atoms with Gasteiger partial charge in [0, 0.05) is 29.3 Å². The first kappa shape index (κ1) is 23.9. The summed E-state index contributed by atoms with van der Waals surface area (Å²) in [6.45, 7) is 3.32. The molecule has 0 saturated heterocycles. The number of alkyl halides is 3. The zero-order valence-electron chi connectivity index (χ0n) is 19.2. The van der Waals surface area contributed by atoms with E-state index in [1.807, 2.05) is 18.2 Å². The third kappa shape index (κ3) is 5.14. The molecule has 1 fully saturated rings. The van der Waals surface area contributed by atoms with Gasteiger partial charge in [0.1, 0.15) is 5.75 Å². The summed E-state index contributed by atoms with van der Waals surface area (Å²) in [7, 11) is 0. The molecule has 4 rings (SSSR count). The number of anilines is 1. The Kier molecular flexibility index (Phi) is 6.48. The van der Waals surface area contributed by atoms with Crippen LogP contribution in [0.4, 0.5) is 18.9 Å². The number of hydrogen-bond donors (Lipinski definition) is 2. The van der Waals surface area contributed by atoms with Crippen LogP contribution in [-0.4, -0.2) is 31.3 Å². The molecule has 34 heavy (non-hydrogen) atoms. The molecule has 0 spiro atoms. The van der Waals surface area contributed by atoms with E-state index in [-0.39, 0.29) is 23.1 Å². The van der Waals surface area contributed by atoms with E-state index in [0.29, 0.717) is 29.5 Å². The Hall–Kier alpha value is -3.21. The lowest BCUT2D eigenvalue weighted by Crippen LogP contribution is -2.51. The molecule has 0 bridgehead atoms. The van der Waals surface area contributed by atoms with Crippen molar-refractivity contribution >= 4 is 11.6 Å². The fraction of sp³-hybridized carbons (Fsp3) is 0.462. The summed E-state index contributed by atoms with van der Waals surface area (Å²) in [4.78, 5) is 12.7. The molecule has 2 aromatic carbocycles. The number of nitriles is 1. The number of ether oxygens (including phenoxy) is 1. The highest BCUT2D eigenvalue weighted by molar-refractivity contribution is 5.94. The highest BCUT2D eigenvalue weighted by Gasteiger charge is 2.45. The van der Waals surface area contributed by atoms with Gasteiger partial charge in [-0.3, -0.25) is 4.79 Å². The topological polar surface area (TPSA) is 74.2 Å². The van der Waals surface area contributed by atoms with Gasteiger partial charge in [0.15, 0.2) is 6.61 Å². The zero-order valence-corrected chi connectivity index (χ0v) is 19.2. The minimum Gasteiger partial charge on any atom is -0.484 e. The summed E-state index contributed by atoms with van der Waals surface area (Å²) in [6, 6.07) is 13.8. The van der Waals surface area contributed by atoms with Gasteiger partial charge in [0.05, 0.1) is 11.6 Å². The van der Waals surface area contributed by atoms with Crippen molar-refractivity contribution in [2.24, 2.45) is 11.3 Å². The number of nitrogens with one attached hydrogen (secondary N) is 2. The fourth-order valence-corrected chi connectivity index (χ4v) is 5.28. The molecule has 1 aliphatic heterocycles. The van der Waals surface area contributed by atoms with Crippen LogP contribution in [0.15, 0.2) is 42.5 Å². The molecular formula is C26H28F3N3O2. The number of carbonyl (C=O) groups excluding carboxylic acids is 1. The SMILES string of the molecule is CC(C)(CNC(=O)c1ccc(OCC(F)(F)F)cc1)C1Nc2ccc(C#N)cc2C2CCCC21. The van der Waals surface area contributed by atoms with Crippen LogP contribution in [0.25, 0.3) is 0 Å². The van der Waals surface area contributed by atoms with E-state index < -0.39 is 12.8 Å². The molecule has 1 heterocycles. The lowest BCUT2D eigenvalue weighted by atomic mass is 9.69. The van der Waals surface area contributed by atoms with E-state index in [4.69, 9.17) is 4.74 Å². The summed E-state index contributed by atoms with van der Waals surface area (Å²) in [5.41, 5.74) is 3.04. The molecule has 5 nitrogen and oxygen atoms in total. The standard InChI is InChI=1S/C26H28F3N3O2/c1-25(2,14-31-24(33)17-7-9-18(10-8-17)34-15-26(27,28)29)23-20-5-3-4-19(20)21-12-16(13-30)6-11-22(21)32-23/h6-12,19-20,23,32H,3-5,14-15H2,1-2H3,(H,31,33). The second-order valence-corrected chi connectivity index (χ2v) is 9.84. The average Bonchev–Trinajstić information content (AvgIpc) is 3.30. The maximum Gasteiger partial charge on any atom is 0.422 e. The smallest absolute Gasteiger partial charge is 0.422 e. The van der Waals surface area contributed by atoms with E-state index in [0.717, 1.165) is 24.9 Å². The molecule has 180 valence electrons. The molecule has 0 aromatic heterocycles. The first-order valence-electron chi connectivity index (χ1n) is 11.5. The second kappa shape index (κ2) is 9.21. The van der Waals surface area contributed by atoms with E-state index in [2.05, 4.69) is 30.6 Å². The van der Waals surface area contributed by atoms with Crippen LogP contribution in [0.2, 0.25) is 0 Å². The predicted octanol–water partition coefficient (Wildman–Crippen LogP) is 5.63. The molecule has 3 atom stereocenters. The van der Waals surface area contributed by atoms with E-state index in [9.17, 15) is 23.2 Å². The number of benzene rings is 2. The van der Waals surface area contributed by atoms with Gasteiger partial charge < -0.3 is 15.4 Å². The van der Waals surface area contributed by atoms with Gasteiger partial charge in [0.25, 0.3) is 5.91 Å². The van der Waals surface area contributed by atoms with Crippen LogP contribution in [0, 0.1) is 22.7 Å². The van der Waals surface area contributed by atoms with Gasteiger partial charge in [-0.15, -0.1) is 0 Å². The number of fused-ring (bicyclic) bond motifs is 3. The van der Waals surface area contributed by atoms with Gasteiger partial charge in [-0.25, -0.2) is 0 Å². The normalized spacial score (nSPS) is 21.6. The Balaban J connectivity index is 1.42. The van der Waals surface area contributed by atoms with Crippen molar-refractivity contribution < 1.29 is 22.7 Å². The summed E-state index contributed by atoms with van der Waals surface area (Å²) >= 11 is 0. The van der Waals surface area contributed by atoms with Gasteiger partial charge >= 0.3 is 6.18 Å². The quantitative estimate of drug-likeness (QED) is 0.572. The van der Waals surface area contributed by atoms with Crippen LogP contribution >= 0.6 is 0 Å². The van der Waals surface area contributed by atoms with Crippen LogP contribution < -0.4 is 15.4 Å². The van der Waals surface area contributed by atoms with Crippen LogP contribution in [-0.2, 0) is 0 Å². The Morgan fingerprint density at radius 3 is 2.59 bits per heavy atom. The third-order valence-corrected chi connectivity index (χ3v) is 6.95. The van der Waals surface area contributed by atoms with Gasteiger partial charge in [-0.05, 0) is 72.7 Å². The Labute approximate surface area is 197 Å². The highest BCUT2D eigenvalue weighted by Crippen LogP contribution is 2.51. The summed E-state index contributed by atoms with van der Waals surface area (Å²) in [5, 5.41) is 16.0. The maximum atomic E-state index is 12.7. The Bertz CT molecular complexity index is 1090. The Morgan fingerprint density at radius 1 is 1.18 bits per heavy atom. The number of rotatable bonds is 6. The lowest BCUT2D eigenvalue weighted by Gasteiger charge is -2.45. The van der Waals surface area contributed by atoms with Crippen molar-refractivity contribution in [1.29, 1.82) is 5.26 Å². The van der Waals surface area contributed by atoms with Gasteiger partial charge in [-0.1, -0.05) is 20.3 Å². The molecule has 2 aromatic rings. The zero-order chi connectivity index (χ0) is 24.5. The minimum absolute atomic E-state index is 0.0612. The van der Waals surface area contributed by atoms with Crippen LogP contribution in [0.5, 0.6) is 5.75 Å². The van der Waals surface area contributed by atoms with Crippen molar-refractivity contribution in [2.45, 2.75) is 51.2 Å². The third-order valence-electron chi connectivity index (χ3n) is 6.95. The summed E-state index contributed by atoms with van der Waals surface area (Å²) < 4.78 is 41.6. The van der Waals surface area contributed by atoms with E-state index >= 15 is 0 Å². The second-order valence-electron chi connectivity index (χ2n) is 9.84. The number of nitrogens with zero attached hydrogens (tertiary/aromatic N) is 1. The van der Waals surface area contributed by atoms with Crippen LogP contribution in [0.3, 0.4) is 0 Å². The van der Waals surface area contributed by atoms with Crippen molar-refractivity contribution in [3.8, 4) is 11.8 Å². The molecule has 1 saturated carbocycles. The molecule has 0 radical (unpaired) electrons. The number of halogens is 3. The summed E-state index contributed by atoms with van der Waals surface area (Å²) in [6.07, 6.45) is -1.09. The van der Waals surface area contributed by atoms with Crippen molar-refractivity contribution in [1.82, 2.24) is 5.32 Å². The van der Waals surface area contributed by atoms with Gasteiger partial charge in [-0.2, -0.15) is 18.4 Å². The fourth-order valence-electron chi connectivity index (χ4n) is 5.28. The molecule has 1 amide bonds. The van der Waals surface area contributed by atoms with Crippen molar-refractivity contribution in [3.05, 3.63) is 59.2 Å². The Morgan fingerprint density at radius 2 is 1.91 bits per heavy atom. The molecule has 1 aliphatic carbocycles. The predicted molar refractivity (Wildman–Crippen MR) is 123 cm³/mol. The first-order chi connectivity index (χ1) is 16.1. The monoisotopic (exact) mass is 471 g/mol.